The molecular formula is C14H26. The van der Waals surface area contributed by atoms with E-state index in [2.05, 4.69) is 45.0 Å². The Kier molecular flexibility index (Phi) is 8.52. The third kappa shape index (κ3) is 3.95. The van der Waals surface area contributed by atoms with Crippen molar-refractivity contribution in [3.8, 4) is 0 Å². The Morgan fingerprint density at radius 3 is 1.86 bits per heavy atom. The molecule has 0 heterocycles. The molecule has 0 aliphatic rings. The van der Waals surface area contributed by atoms with E-state index in [1.54, 1.807) is 0 Å². The van der Waals surface area contributed by atoms with Gasteiger partial charge in [0.1, 0.15) is 0 Å². The highest BCUT2D eigenvalue weighted by atomic mass is 14.1. The Labute approximate surface area is 90.4 Å². The SMILES string of the molecule is C.C.CCc1ccc(C(C)CC)cc1. The molecule has 1 unspecified atom stereocenters. The second kappa shape index (κ2) is 7.61. The van der Waals surface area contributed by atoms with Gasteiger partial charge in [-0.05, 0) is 29.9 Å². The van der Waals surface area contributed by atoms with Crippen molar-refractivity contribution in [2.45, 2.75) is 54.4 Å². The third-order valence-electron chi connectivity index (χ3n) is 2.57. The van der Waals surface area contributed by atoms with Gasteiger partial charge in [-0.15, -0.1) is 0 Å². The van der Waals surface area contributed by atoms with Crippen molar-refractivity contribution in [3.05, 3.63) is 35.4 Å². The molecule has 0 nitrogen and oxygen atoms in total. The fourth-order valence-corrected chi connectivity index (χ4v) is 1.32. The van der Waals surface area contributed by atoms with Crippen LogP contribution in [-0.2, 0) is 6.42 Å². The topological polar surface area (TPSA) is 0 Å². The van der Waals surface area contributed by atoms with Crippen molar-refractivity contribution >= 4 is 0 Å². The number of benzene rings is 1. The minimum absolute atomic E-state index is 0. The normalized spacial score (nSPS) is 11.1. The summed E-state index contributed by atoms with van der Waals surface area (Å²) in [6.45, 7) is 6.71. The minimum atomic E-state index is 0. The standard InChI is InChI=1S/C12H18.2CH4/c1-4-10(3)12-8-6-11(5-2)7-9-12;;/h6-10H,4-5H2,1-3H3;2*1H4. The Bertz CT molecular complexity index is 220. The lowest BCUT2D eigenvalue weighted by Gasteiger charge is -2.08. The molecule has 1 rings (SSSR count). The lowest BCUT2D eigenvalue weighted by atomic mass is 9.97. The van der Waals surface area contributed by atoms with Crippen LogP contribution in [0.5, 0.6) is 0 Å². The maximum atomic E-state index is 2.28. The second-order valence-electron chi connectivity index (χ2n) is 3.40. The van der Waals surface area contributed by atoms with E-state index in [0.717, 1.165) is 6.42 Å². The smallest absolute Gasteiger partial charge is 0.0193 e. The van der Waals surface area contributed by atoms with Crippen LogP contribution < -0.4 is 0 Å². The summed E-state index contributed by atoms with van der Waals surface area (Å²) < 4.78 is 0. The average molecular weight is 194 g/mol. The van der Waals surface area contributed by atoms with Gasteiger partial charge >= 0.3 is 0 Å². The Balaban J connectivity index is 0. The first kappa shape index (κ1) is 15.7. The molecule has 1 aromatic carbocycles. The zero-order chi connectivity index (χ0) is 8.97. The van der Waals surface area contributed by atoms with Crippen molar-refractivity contribution in [1.82, 2.24) is 0 Å². The van der Waals surface area contributed by atoms with E-state index < -0.39 is 0 Å². The van der Waals surface area contributed by atoms with E-state index in [9.17, 15) is 0 Å². The molecule has 0 spiro atoms. The number of rotatable bonds is 3. The van der Waals surface area contributed by atoms with E-state index in [1.807, 2.05) is 0 Å². The Morgan fingerprint density at radius 1 is 1.00 bits per heavy atom. The van der Waals surface area contributed by atoms with Crippen LogP contribution in [0.4, 0.5) is 0 Å². The summed E-state index contributed by atoms with van der Waals surface area (Å²) in [5.41, 5.74) is 2.90. The Morgan fingerprint density at radius 2 is 1.50 bits per heavy atom. The second-order valence-corrected chi connectivity index (χ2v) is 3.40. The molecule has 0 saturated heterocycles. The van der Waals surface area contributed by atoms with Gasteiger partial charge in [0, 0.05) is 0 Å². The van der Waals surface area contributed by atoms with Crippen LogP contribution in [0.15, 0.2) is 24.3 Å². The Hall–Kier alpha value is -0.780. The van der Waals surface area contributed by atoms with Gasteiger partial charge in [0.25, 0.3) is 0 Å². The third-order valence-corrected chi connectivity index (χ3v) is 2.57. The van der Waals surface area contributed by atoms with Crippen molar-refractivity contribution in [1.29, 1.82) is 0 Å². The number of hydrogen-bond acceptors (Lipinski definition) is 0. The van der Waals surface area contributed by atoms with E-state index >= 15 is 0 Å². The first-order valence-electron chi connectivity index (χ1n) is 4.86. The van der Waals surface area contributed by atoms with Gasteiger partial charge in [-0.3, -0.25) is 0 Å². The fraction of sp³-hybridized carbons (Fsp3) is 0.571. The number of aryl methyl sites for hydroxylation is 1. The van der Waals surface area contributed by atoms with Crippen LogP contribution in [0.25, 0.3) is 0 Å². The highest BCUT2D eigenvalue weighted by Crippen LogP contribution is 2.18. The van der Waals surface area contributed by atoms with Crippen molar-refractivity contribution in [3.63, 3.8) is 0 Å². The predicted octanol–water partition coefficient (Wildman–Crippen LogP) is 5.03. The first-order valence-corrected chi connectivity index (χ1v) is 4.86. The van der Waals surface area contributed by atoms with Crippen LogP contribution in [0.1, 0.15) is 59.1 Å². The maximum absolute atomic E-state index is 2.28. The molecule has 0 aromatic heterocycles. The molecule has 0 heteroatoms. The summed E-state index contributed by atoms with van der Waals surface area (Å²) in [6, 6.07) is 8.99. The van der Waals surface area contributed by atoms with Gasteiger partial charge in [-0.25, -0.2) is 0 Å². The summed E-state index contributed by atoms with van der Waals surface area (Å²) in [5.74, 6) is 0.705. The van der Waals surface area contributed by atoms with Crippen LogP contribution >= 0.6 is 0 Å². The molecule has 0 saturated carbocycles. The van der Waals surface area contributed by atoms with Gasteiger partial charge in [-0.1, -0.05) is 59.9 Å². The van der Waals surface area contributed by atoms with Crippen molar-refractivity contribution < 1.29 is 0 Å². The quantitative estimate of drug-likeness (QED) is 0.632. The summed E-state index contributed by atoms with van der Waals surface area (Å²) >= 11 is 0. The molecule has 0 aliphatic carbocycles. The molecule has 0 radical (unpaired) electrons. The molecule has 0 amide bonds. The highest BCUT2D eigenvalue weighted by molar-refractivity contribution is 5.24. The fourth-order valence-electron chi connectivity index (χ4n) is 1.32. The average Bonchev–Trinajstić information content (AvgIpc) is 2.17. The monoisotopic (exact) mass is 194 g/mol. The highest BCUT2D eigenvalue weighted by Gasteiger charge is 2.00. The lowest BCUT2D eigenvalue weighted by molar-refractivity contribution is 0.733. The summed E-state index contributed by atoms with van der Waals surface area (Å²) in [5, 5.41) is 0. The zero-order valence-corrected chi connectivity index (χ0v) is 8.30. The predicted molar refractivity (Wildman–Crippen MR) is 68.0 cm³/mol. The van der Waals surface area contributed by atoms with E-state index in [1.165, 1.54) is 17.5 Å². The van der Waals surface area contributed by atoms with Crippen LogP contribution in [0.2, 0.25) is 0 Å². The molecule has 0 N–H and O–H groups in total. The lowest BCUT2D eigenvalue weighted by Crippen LogP contribution is -1.91. The van der Waals surface area contributed by atoms with Crippen LogP contribution in [-0.4, -0.2) is 0 Å². The van der Waals surface area contributed by atoms with Crippen LogP contribution in [0.3, 0.4) is 0 Å². The molecule has 0 fully saturated rings. The van der Waals surface area contributed by atoms with Gasteiger partial charge in [0.05, 0.1) is 0 Å². The molecule has 0 bridgehead atoms. The van der Waals surface area contributed by atoms with E-state index in [0.29, 0.717) is 5.92 Å². The molecule has 1 aromatic rings. The van der Waals surface area contributed by atoms with Crippen molar-refractivity contribution in [2.75, 3.05) is 0 Å². The van der Waals surface area contributed by atoms with E-state index in [-0.39, 0.29) is 14.9 Å². The minimum Gasteiger partial charge on any atom is -0.0776 e. The molecular weight excluding hydrogens is 168 g/mol. The molecule has 0 aliphatic heterocycles. The van der Waals surface area contributed by atoms with Gasteiger partial charge in [0.2, 0.25) is 0 Å². The summed E-state index contributed by atoms with van der Waals surface area (Å²) in [7, 11) is 0. The summed E-state index contributed by atoms with van der Waals surface area (Å²) in [6.07, 6.45) is 2.37. The molecule has 82 valence electrons. The number of hydrogen-bond donors (Lipinski definition) is 0. The van der Waals surface area contributed by atoms with Gasteiger partial charge in [0.15, 0.2) is 0 Å². The zero-order valence-electron chi connectivity index (χ0n) is 8.30. The van der Waals surface area contributed by atoms with Crippen molar-refractivity contribution in [2.24, 2.45) is 0 Å². The van der Waals surface area contributed by atoms with Gasteiger partial charge in [-0.2, -0.15) is 0 Å². The summed E-state index contributed by atoms with van der Waals surface area (Å²) in [4.78, 5) is 0. The first-order chi connectivity index (χ1) is 5.77. The molecule has 1 atom stereocenters. The van der Waals surface area contributed by atoms with Crippen LogP contribution in [0, 0.1) is 0 Å². The largest absolute Gasteiger partial charge is 0.0776 e. The molecule has 14 heavy (non-hydrogen) atoms. The van der Waals surface area contributed by atoms with E-state index in [4.69, 9.17) is 0 Å². The van der Waals surface area contributed by atoms with Gasteiger partial charge < -0.3 is 0 Å². The maximum Gasteiger partial charge on any atom is -0.0193 e.